The molecule has 140 valence electrons. The van der Waals surface area contributed by atoms with Gasteiger partial charge < -0.3 is 10.4 Å². The molecule has 1 aliphatic carbocycles. The number of carbonyl (C=O) groups is 1. The number of hydrogen-bond donors (Lipinski definition) is 3. The summed E-state index contributed by atoms with van der Waals surface area (Å²) in [5.41, 5.74) is 0.416. The van der Waals surface area contributed by atoms with Gasteiger partial charge in [0.25, 0.3) is 0 Å². The third kappa shape index (κ3) is 5.71. The molecule has 1 fully saturated rings. The molecule has 0 heterocycles. The normalized spacial score (nSPS) is 16.6. The smallest absolute Gasteiger partial charge is 0.337 e. The van der Waals surface area contributed by atoms with Crippen molar-refractivity contribution in [2.45, 2.75) is 63.3 Å². The molecule has 0 aromatic heterocycles. The van der Waals surface area contributed by atoms with Crippen LogP contribution in [0.4, 0.5) is 5.69 Å². The van der Waals surface area contributed by atoms with Gasteiger partial charge >= 0.3 is 5.97 Å². The molecule has 1 aliphatic rings. The molecule has 0 saturated heterocycles. The van der Waals surface area contributed by atoms with Crippen LogP contribution >= 0.6 is 0 Å². The maximum absolute atomic E-state index is 12.6. The molecule has 0 radical (unpaired) electrons. The van der Waals surface area contributed by atoms with Gasteiger partial charge in [-0.25, -0.2) is 17.9 Å². The number of hydrogen-bond acceptors (Lipinski definition) is 4. The monoisotopic (exact) mass is 368 g/mol. The van der Waals surface area contributed by atoms with Crippen molar-refractivity contribution in [3.05, 3.63) is 23.8 Å². The zero-order valence-corrected chi connectivity index (χ0v) is 15.7. The van der Waals surface area contributed by atoms with Gasteiger partial charge in [-0.1, -0.05) is 39.5 Å². The summed E-state index contributed by atoms with van der Waals surface area (Å²) in [5, 5.41) is 12.5. The van der Waals surface area contributed by atoms with Gasteiger partial charge in [0, 0.05) is 18.3 Å². The van der Waals surface area contributed by atoms with Crippen molar-refractivity contribution in [3.63, 3.8) is 0 Å². The Balaban J connectivity index is 2.21. The standard InChI is InChI=1S/C18H28N2O4S/c1-13(2)12-19-17-10-9-15(11-16(17)18(21)22)25(23,24)20-14-7-5-3-4-6-8-14/h9-11,13-14,19-20H,3-8,12H2,1-2H3,(H,21,22). The largest absolute Gasteiger partial charge is 0.478 e. The van der Waals surface area contributed by atoms with Crippen molar-refractivity contribution in [3.8, 4) is 0 Å². The molecule has 0 spiro atoms. The molecule has 0 unspecified atom stereocenters. The van der Waals surface area contributed by atoms with Crippen LogP contribution in [0.25, 0.3) is 0 Å². The van der Waals surface area contributed by atoms with E-state index in [0.717, 1.165) is 38.5 Å². The second-order valence-corrected chi connectivity index (χ2v) is 8.81. The Morgan fingerprint density at radius 2 is 1.84 bits per heavy atom. The van der Waals surface area contributed by atoms with E-state index in [1.165, 1.54) is 18.2 Å². The van der Waals surface area contributed by atoms with E-state index >= 15 is 0 Å². The Hall–Kier alpha value is -1.60. The molecular weight excluding hydrogens is 340 g/mol. The van der Waals surface area contributed by atoms with Crippen LogP contribution in [0.5, 0.6) is 0 Å². The van der Waals surface area contributed by atoms with Crippen LogP contribution < -0.4 is 10.0 Å². The average molecular weight is 368 g/mol. The highest BCUT2D eigenvalue weighted by Crippen LogP contribution is 2.23. The third-order valence-electron chi connectivity index (χ3n) is 4.41. The second kappa shape index (κ2) is 8.67. The number of anilines is 1. The molecule has 1 aromatic rings. The van der Waals surface area contributed by atoms with Crippen LogP contribution in [0.15, 0.2) is 23.1 Å². The summed E-state index contributed by atoms with van der Waals surface area (Å²) in [4.78, 5) is 11.5. The van der Waals surface area contributed by atoms with Gasteiger partial charge in [-0.15, -0.1) is 0 Å². The van der Waals surface area contributed by atoms with Crippen molar-refractivity contribution in [1.29, 1.82) is 0 Å². The Bertz CT molecular complexity index is 693. The summed E-state index contributed by atoms with van der Waals surface area (Å²) in [6.45, 7) is 4.65. The first-order valence-electron chi connectivity index (χ1n) is 8.93. The molecule has 0 amide bonds. The average Bonchev–Trinajstić information content (AvgIpc) is 2.80. The zero-order valence-electron chi connectivity index (χ0n) is 14.9. The SMILES string of the molecule is CC(C)CNc1ccc(S(=O)(=O)NC2CCCCCC2)cc1C(=O)O. The van der Waals surface area contributed by atoms with E-state index in [-0.39, 0.29) is 16.5 Å². The number of rotatable bonds is 7. The van der Waals surface area contributed by atoms with Crippen molar-refractivity contribution in [2.24, 2.45) is 5.92 Å². The van der Waals surface area contributed by atoms with E-state index in [1.807, 2.05) is 13.8 Å². The van der Waals surface area contributed by atoms with Crippen molar-refractivity contribution < 1.29 is 18.3 Å². The topological polar surface area (TPSA) is 95.5 Å². The molecule has 0 bridgehead atoms. The second-order valence-electron chi connectivity index (χ2n) is 7.10. The van der Waals surface area contributed by atoms with Crippen LogP contribution in [0.1, 0.15) is 62.7 Å². The number of sulfonamides is 1. The first-order chi connectivity index (χ1) is 11.8. The van der Waals surface area contributed by atoms with Crippen LogP contribution in [-0.2, 0) is 10.0 Å². The third-order valence-corrected chi connectivity index (χ3v) is 5.93. The maximum Gasteiger partial charge on any atom is 0.337 e. The minimum Gasteiger partial charge on any atom is -0.478 e. The Morgan fingerprint density at radius 1 is 1.20 bits per heavy atom. The quantitative estimate of drug-likeness (QED) is 0.641. The first-order valence-corrected chi connectivity index (χ1v) is 10.4. The number of nitrogens with one attached hydrogen (secondary N) is 2. The van der Waals surface area contributed by atoms with Crippen molar-refractivity contribution in [2.75, 3.05) is 11.9 Å². The van der Waals surface area contributed by atoms with Gasteiger partial charge in [0.05, 0.1) is 10.5 Å². The molecule has 25 heavy (non-hydrogen) atoms. The number of carboxylic acids is 1. The van der Waals surface area contributed by atoms with Gasteiger partial charge in [0.2, 0.25) is 10.0 Å². The van der Waals surface area contributed by atoms with Gasteiger partial charge in [-0.05, 0) is 37.0 Å². The van der Waals surface area contributed by atoms with Crippen molar-refractivity contribution >= 4 is 21.7 Å². The Kier molecular flexibility index (Phi) is 6.84. The Morgan fingerprint density at radius 3 is 2.40 bits per heavy atom. The summed E-state index contributed by atoms with van der Waals surface area (Å²) >= 11 is 0. The highest BCUT2D eigenvalue weighted by Gasteiger charge is 2.23. The molecule has 7 heteroatoms. The fraction of sp³-hybridized carbons (Fsp3) is 0.611. The number of carboxylic acid groups (broad SMARTS) is 1. The lowest BCUT2D eigenvalue weighted by molar-refractivity contribution is 0.0697. The summed E-state index contributed by atoms with van der Waals surface area (Å²) in [6.07, 6.45) is 5.98. The summed E-state index contributed by atoms with van der Waals surface area (Å²) in [6, 6.07) is 4.17. The van der Waals surface area contributed by atoms with Crippen LogP contribution in [0.3, 0.4) is 0 Å². The lowest BCUT2D eigenvalue weighted by atomic mass is 10.1. The zero-order chi connectivity index (χ0) is 18.4. The predicted octanol–water partition coefficient (Wildman–Crippen LogP) is 3.45. The lowest BCUT2D eigenvalue weighted by Gasteiger charge is -2.17. The molecule has 3 N–H and O–H groups in total. The minimum absolute atomic E-state index is 0.00393. The van der Waals surface area contributed by atoms with Gasteiger partial charge in [-0.2, -0.15) is 0 Å². The van der Waals surface area contributed by atoms with E-state index in [2.05, 4.69) is 10.0 Å². The number of benzene rings is 1. The molecule has 1 saturated carbocycles. The summed E-state index contributed by atoms with van der Waals surface area (Å²) in [7, 11) is -3.72. The first kappa shape index (κ1) is 19.7. The summed E-state index contributed by atoms with van der Waals surface area (Å²) in [5.74, 6) is -0.792. The number of aromatic carboxylic acids is 1. The fourth-order valence-corrected chi connectivity index (χ4v) is 4.35. The van der Waals surface area contributed by atoms with E-state index in [0.29, 0.717) is 18.2 Å². The van der Waals surface area contributed by atoms with Crippen molar-refractivity contribution in [1.82, 2.24) is 4.72 Å². The Labute approximate surface area is 150 Å². The van der Waals surface area contributed by atoms with E-state index in [1.54, 1.807) is 0 Å². The fourth-order valence-electron chi connectivity index (χ4n) is 3.02. The highest BCUT2D eigenvalue weighted by atomic mass is 32.2. The molecule has 1 aromatic carbocycles. The molecular formula is C18H28N2O4S. The highest BCUT2D eigenvalue weighted by molar-refractivity contribution is 7.89. The van der Waals surface area contributed by atoms with Gasteiger partial charge in [0.1, 0.15) is 0 Å². The van der Waals surface area contributed by atoms with E-state index in [9.17, 15) is 18.3 Å². The van der Waals surface area contributed by atoms with Gasteiger partial charge in [-0.3, -0.25) is 0 Å². The molecule has 2 rings (SSSR count). The summed E-state index contributed by atoms with van der Waals surface area (Å²) < 4.78 is 28.0. The maximum atomic E-state index is 12.6. The molecule has 6 nitrogen and oxygen atoms in total. The lowest BCUT2D eigenvalue weighted by Crippen LogP contribution is -2.34. The van der Waals surface area contributed by atoms with Crippen LogP contribution in [0.2, 0.25) is 0 Å². The molecule has 0 atom stereocenters. The van der Waals surface area contributed by atoms with Crippen LogP contribution in [-0.4, -0.2) is 32.1 Å². The predicted molar refractivity (Wildman–Crippen MR) is 98.5 cm³/mol. The van der Waals surface area contributed by atoms with E-state index < -0.39 is 16.0 Å². The van der Waals surface area contributed by atoms with Gasteiger partial charge in [0.15, 0.2) is 0 Å². The molecule has 0 aliphatic heterocycles. The van der Waals surface area contributed by atoms with Crippen LogP contribution in [0, 0.1) is 5.92 Å². The van der Waals surface area contributed by atoms with E-state index in [4.69, 9.17) is 0 Å². The minimum atomic E-state index is -3.72.